The average Bonchev–Trinajstić information content (AvgIpc) is 3.06. The van der Waals surface area contributed by atoms with Crippen LogP contribution in [0, 0.1) is 58.2 Å². The number of fused-ring (bicyclic) bond motifs is 5. The van der Waals surface area contributed by atoms with Crippen molar-refractivity contribution in [3.05, 3.63) is 0 Å². The number of ketones is 1. The number of carbonyl (C=O) groups is 2. The van der Waals surface area contributed by atoms with Gasteiger partial charge in [0.2, 0.25) is 0 Å². The van der Waals surface area contributed by atoms with E-state index in [1.54, 1.807) is 0 Å². The van der Waals surface area contributed by atoms with Crippen molar-refractivity contribution in [3.8, 4) is 0 Å². The van der Waals surface area contributed by atoms with E-state index in [1.807, 2.05) is 0 Å². The van der Waals surface area contributed by atoms with Gasteiger partial charge in [-0.05, 0) is 91.3 Å². The van der Waals surface area contributed by atoms with Crippen molar-refractivity contribution in [1.29, 1.82) is 0 Å². The van der Waals surface area contributed by atoms with E-state index in [1.165, 1.54) is 52.1 Å². The second-order valence-corrected chi connectivity index (χ2v) is 12.1. The fraction of sp³-hybridized carbons (Fsp3) is 0.926. The highest BCUT2D eigenvalue weighted by Crippen LogP contribution is 2.69. The quantitative estimate of drug-likeness (QED) is 0.505. The molecule has 0 heterocycles. The normalized spacial score (nSPS) is 49.0. The molecule has 10 atom stereocenters. The topological polar surface area (TPSA) is 43.4 Å². The molecular formula is C27H44O3. The molecule has 4 rings (SSSR count). The van der Waals surface area contributed by atoms with Gasteiger partial charge in [-0.1, -0.05) is 41.0 Å². The van der Waals surface area contributed by atoms with Crippen molar-refractivity contribution in [2.45, 2.75) is 92.4 Å². The molecule has 0 aromatic rings. The minimum atomic E-state index is -0.0882. The summed E-state index contributed by atoms with van der Waals surface area (Å²) in [5, 5.41) is 0. The summed E-state index contributed by atoms with van der Waals surface area (Å²) in [7, 11) is 1.49. The third-order valence-electron chi connectivity index (χ3n) is 10.9. The molecule has 4 saturated carbocycles. The van der Waals surface area contributed by atoms with Gasteiger partial charge in [0.1, 0.15) is 5.78 Å². The van der Waals surface area contributed by atoms with Gasteiger partial charge >= 0.3 is 5.97 Å². The molecule has 30 heavy (non-hydrogen) atoms. The molecular weight excluding hydrogens is 372 g/mol. The predicted octanol–water partition coefficient (Wildman–Crippen LogP) is 6.30. The number of methoxy groups -OCH3 is 1. The minimum Gasteiger partial charge on any atom is -0.469 e. The number of carbonyl (C=O) groups excluding carboxylic acids is 2. The molecule has 0 amide bonds. The van der Waals surface area contributed by atoms with E-state index >= 15 is 0 Å². The monoisotopic (exact) mass is 416 g/mol. The van der Waals surface area contributed by atoms with Gasteiger partial charge in [0.05, 0.1) is 7.11 Å². The van der Waals surface area contributed by atoms with Crippen LogP contribution in [0.15, 0.2) is 0 Å². The third-order valence-corrected chi connectivity index (χ3v) is 10.9. The van der Waals surface area contributed by atoms with Crippen LogP contribution in [-0.4, -0.2) is 18.9 Å². The fourth-order valence-electron chi connectivity index (χ4n) is 9.32. The van der Waals surface area contributed by atoms with Crippen LogP contribution in [0.3, 0.4) is 0 Å². The zero-order valence-electron chi connectivity index (χ0n) is 20.2. The fourth-order valence-corrected chi connectivity index (χ4v) is 9.32. The van der Waals surface area contributed by atoms with E-state index in [-0.39, 0.29) is 23.2 Å². The van der Waals surface area contributed by atoms with E-state index in [4.69, 9.17) is 4.74 Å². The highest BCUT2D eigenvalue weighted by molar-refractivity contribution is 5.86. The van der Waals surface area contributed by atoms with E-state index in [2.05, 4.69) is 34.6 Å². The molecule has 0 saturated heterocycles. The Bertz CT molecular complexity index is 686. The van der Waals surface area contributed by atoms with Gasteiger partial charge in [0, 0.05) is 18.3 Å². The van der Waals surface area contributed by atoms with Crippen LogP contribution in [0.25, 0.3) is 0 Å². The Morgan fingerprint density at radius 2 is 1.73 bits per heavy atom. The largest absolute Gasteiger partial charge is 0.469 e. The lowest BCUT2D eigenvalue weighted by Crippen LogP contribution is -2.60. The number of rotatable bonds is 4. The summed E-state index contributed by atoms with van der Waals surface area (Å²) < 4.78 is 4.97. The Morgan fingerprint density at radius 3 is 2.40 bits per heavy atom. The molecule has 0 radical (unpaired) electrons. The molecule has 0 spiro atoms. The summed E-state index contributed by atoms with van der Waals surface area (Å²) in [6.07, 6.45) is 10.2. The molecule has 0 bridgehead atoms. The average molecular weight is 417 g/mol. The van der Waals surface area contributed by atoms with Crippen molar-refractivity contribution in [3.63, 3.8) is 0 Å². The maximum atomic E-state index is 14.0. The van der Waals surface area contributed by atoms with Crippen LogP contribution < -0.4 is 0 Å². The van der Waals surface area contributed by atoms with Crippen molar-refractivity contribution in [2.75, 3.05) is 7.11 Å². The lowest BCUT2D eigenvalue weighted by Gasteiger charge is -2.62. The summed E-state index contributed by atoms with van der Waals surface area (Å²) >= 11 is 0. The molecule has 4 aliphatic carbocycles. The number of hydrogen-bond donors (Lipinski definition) is 0. The van der Waals surface area contributed by atoms with Crippen molar-refractivity contribution in [1.82, 2.24) is 0 Å². The maximum absolute atomic E-state index is 14.0. The summed E-state index contributed by atoms with van der Waals surface area (Å²) in [5.74, 6) is 4.40. The van der Waals surface area contributed by atoms with Gasteiger partial charge < -0.3 is 4.74 Å². The predicted molar refractivity (Wildman–Crippen MR) is 120 cm³/mol. The van der Waals surface area contributed by atoms with Crippen LogP contribution in [0.2, 0.25) is 0 Å². The molecule has 0 N–H and O–H groups in total. The summed E-state index contributed by atoms with van der Waals surface area (Å²) in [6, 6.07) is 0. The molecule has 4 fully saturated rings. The summed E-state index contributed by atoms with van der Waals surface area (Å²) in [6.45, 7) is 11.9. The van der Waals surface area contributed by atoms with Gasteiger partial charge in [-0.25, -0.2) is 0 Å². The van der Waals surface area contributed by atoms with Crippen LogP contribution in [0.4, 0.5) is 0 Å². The molecule has 0 aromatic carbocycles. The number of Topliss-reactive ketones (excluding diaryl/α,β-unsaturated/α-hetero) is 1. The smallest absolute Gasteiger partial charge is 0.305 e. The van der Waals surface area contributed by atoms with E-state index in [0.29, 0.717) is 47.2 Å². The van der Waals surface area contributed by atoms with Crippen LogP contribution in [-0.2, 0) is 14.3 Å². The SMILES string of the molecule is CC[C@@H]1C(=O)C2C3CC[C@H]([C@H](C)CC(=O)OC)[C@@]3(C)CCC2[C@@]2(C)CC[C@@H](C)C[C@@H]12. The second-order valence-electron chi connectivity index (χ2n) is 12.1. The zero-order valence-corrected chi connectivity index (χ0v) is 20.2. The Hall–Kier alpha value is -0.860. The standard InChI is InChI=1S/C27H44O3/c1-7-18-22-14-16(2)10-12-27(22,5)21-11-13-26(4)19(17(3)15-23(28)30-6)8-9-20(26)24(21)25(18)29/h16-22,24H,7-15H2,1-6H3/t16-,17-,18+,19-,20?,21?,22+,24?,26-,27-/m1/s1. The molecule has 0 aliphatic heterocycles. The Balaban J connectivity index is 1.64. The lowest BCUT2D eigenvalue weighted by atomic mass is 9.41. The van der Waals surface area contributed by atoms with Gasteiger partial charge in [0.25, 0.3) is 0 Å². The van der Waals surface area contributed by atoms with Crippen molar-refractivity contribution in [2.24, 2.45) is 58.2 Å². The van der Waals surface area contributed by atoms with E-state index in [9.17, 15) is 9.59 Å². The second kappa shape index (κ2) is 7.93. The molecule has 4 aliphatic rings. The first-order valence-electron chi connectivity index (χ1n) is 12.8. The lowest BCUT2D eigenvalue weighted by molar-refractivity contribution is -0.170. The Kier molecular flexibility index (Phi) is 5.90. The number of hydrogen-bond acceptors (Lipinski definition) is 3. The highest BCUT2D eigenvalue weighted by atomic mass is 16.5. The molecule has 170 valence electrons. The maximum Gasteiger partial charge on any atom is 0.305 e. The number of ether oxygens (including phenoxy) is 1. The number of esters is 1. The molecule has 3 heteroatoms. The first kappa shape index (κ1) is 22.3. The van der Waals surface area contributed by atoms with Crippen LogP contribution in [0.5, 0.6) is 0 Å². The Labute approximate surface area is 184 Å². The molecule has 3 nitrogen and oxygen atoms in total. The van der Waals surface area contributed by atoms with Gasteiger partial charge in [-0.2, -0.15) is 0 Å². The third kappa shape index (κ3) is 3.20. The zero-order chi connectivity index (χ0) is 21.8. The highest BCUT2D eigenvalue weighted by Gasteiger charge is 2.64. The van der Waals surface area contributed by atoms with Crippen molar-refractivity contribution >= 4 is 11.8 Å². The molecule has 0 aromatic heterocycles. The van der Waals surface area contributed by atoms with Crippen LogP contribution >= 0.6 is 0 Å². The van der Waals surface area contributed by atoms with E-state index < -0.39 is 0 Å². The van der Waals surface area contributed by atoms with Gasteiger partial charge in [-0.3, -0.25) is 9.59 Å². The van der Waals surface area contributed by atoms with Gasteiger partial charge in [0.15, 0.2) is 0 Å². The first-order chi connectivity index (χ1) is 14.2. The van der Waals surface area contributed by atoms with Crippen LogP contribution in [0.1, 0.15) is 92.4 Å². The molecule has 3 unspecified atom stereocenters. The van der Waals surface area contributed by atoms with Crippen molar-refractivity contribution < 1.29 is 14.3 Å². The van der Waals surface area contributed by atoms with E-state index in [0.717, 1.165) is 12.3 Å². The first-order valence-corrected chi connectivity index (χ1v) is 12.8. The Morgan fingerprint density at radius 1 is 1.07 bits per heavy atom. The van der Waals surface area contributed by atoms with Gasteiger partial charge in [-0.15, -0.1) is 0 Å². The minimum absolute atomic E-state index is 0.0882. The summed E-state index contributed by atoms with van der Waals surface area (Å²) in [4.78, 5) is 26.0. The summed E-state index contributed by atoms with van der Waals surface area (Å²) in [5.41, 5.74) is 0.552.